The average molecular weight is 285 g/mol. The Bertz CT molecular complexity index is 520. The van der Waals surface area contributed by atoms with Crippen LogP contribution in [0.4, 0.5) is 5.69 Å². The highest BCUT2D eigenvalue weighted by Gasteiger charge is 2.34. The van der Waals surface area contributed by atoms with Crippen molar-refractivity contribution in [3.63, 3.8) is 0 Å². The third-order valence-electron chi connectivity index (χ3n) is 2.90. The van der Waals surface area contributed by atoms with E-state index in [1.165, 1.54) is 0 Å². The van der Waals surface area contributed by atoms with Gasteiger partial charge in [0.1, 0.15) is 11.3 Å². The molecule has 6 nitrogen and oxygen atoms in total. The van der Waals surface area contributed by atoms with Gasteiger partial charge in [-0.1, -0.05) is 11.6 Å². The zero-order chi connectivity index (χ0) is 14.0. The Morgan fingerprint density at radius 3 is 2.68 bits per heavy atom. The lowest BCUT2D eigenvalue weighted by Crippen LogP contribution is -2.30. The maximum absolute atomic E-state index is 11.9. The number of pyridine rings is 1. The fraction of sp³-hybridized carbons (Fsp3) is 0.417. The first-order valence-electron chi connectivity index (χ1n) is 5.79. The van der Waals surface area contributed by atoms with E-state index in [0.717, 1.165) is 0 Å². The Labute approximate surface area is 114 Å². The number of aliphatic carboxylic acids is 1. The first-order chi connectivity index (χ1) is 8.97. The lowest BCUT2D eigenvalue weighted by molar-refractivity contribution is -0.150. The van der Waals surface area contributed by atoms with Gasteiger partial charge in [0.25, 0.3) is 5.91 Å². The molecule has 2 rings (SSSR count). The number of carboxylic acids is 1. The first-order valence-corrected chi connectivity index (χ1v) is 6.17. The molecular formula is C12H13ClN2O4. The van der Waals surface area contributed by atoms with Crippen molar-refractivity contribution in [3.8, 4) is 0 Å². The predicted octanol–water partition coefficient (Wildman–Crippen LogP) is 1.61. The van der Waals surface area contributed by atoms with Crippen LogP contribution in [0.5, 0.6) is 0 Å². The van der Waals surface area contributed by atoms with Gasteiger partial charge in [0.05, 0.1) is 11.4 Å². The van der Waals surface area contributed by atoms with E-state index >= 15 is 0 Å². The number of hydrogen-bond acceptors (Lipinski definition) is 4. The summed E-state index contributed by atoms with van der Waals surface area (Å²) in [4.78, 5) is 26.7. The lowest BCUT2D eigenvalue weighted by Gasteiger charge is -2.13. The molecule has 1 saturated heterocycles. The van der Waals surface area contributed by atoms with Crippen molar-refractivity contribution in [1.82, 2.24) is 4.98 Å². The molecule has 0 saturated carbocycles. The minimum atomic E-state index is -1.04. The van der Waals surface area contributed by atoms with Crippen LogP contribution in [0.1, 0.15) is 18.5 Å². The van der Waals surface area contributed by atoms with E-state index in [-0.39, 0.29) is 5.91 Å². The van der Waals surface area contributed by atoms with Crippen LogP contribution in [0.15, 0.2) is 12.1 Å². The van der Waals surface area contributed by atoms with Gasteiger partial charge >= 0.3 is 5.97 Å². The summed E-state index contributed by atoms with van der Waals surface area (Å²) in [5, 5.41) is 11.8. The molecule has 0 bridgehead atoms. The zero-order valence-corrected chi connectivity index (χ0v) is 11.0. The molecule has 1 amide bonds. The van der Waals surface area contributed by atoms with E-state index in [1.54, 1.807) is 19.1 Å². The van der Waals surface area contributed by atoms with Gasteiger partial charge in [0, 0.05) is 0 Å². The Hall–Kier alpha value is -1.66. The fourth-order valence-electron chi connectivity index (χ4n) is 1.89. The van der Waals surface area contributed by atoms with E-state index in [2.05, 4.69) is 10.3 Å². The fourth-order valence-corrected chi connectivity index (χ4v) is 2.08. The number of aryl methyl sites for hydroxylation is 1. The van der Waals surface area contributed by atoms with E-state index in [0.29, 0.717) is 29.4 Å². The number of ether oxygens (including phenoxy) is 1. The number of anilines is 1. The molecule has 2 N–H and O–H groups in total. The molecule has 1 fully saturated rings. The average Bonchev–Trinajstić information content (AvgIpc) is 2.82. The molecule has 0 aromatic carbocycles. The molecule has 1 aliphatic rings. The van der Waals surface area contributed by atoms with Crippen LogP contribution in [0.2, 0.25) is 5.15 Å². The molecule has 102 valence electrons. The summed E-state index contributed by atoms with van der Waals surface area (Å²) in [6.45, 7) is 1.72. The summed E-state index contributed by atoms with van der Waals surface area (Å²) in [6.07, 6.45) is -0.912. The van der Waals surface area contributed by atoms with Crippen molar-refractivity contribution in [2.45, 2.75) is 32.0 Å². The summed E-state index contributed by atoms with van der Waals surface area (Å²) in [5.41, 5.74) is 1.13. The Kier molecular flexibility index (Phi) is 4.01. The van der Waals surface area contributed by atoms with Crippen LogP contribution in [0.25, 0.3) is 0 Å². The van der Waals surface area contributed by atoms with Gasteiger partial charge in [0.2, 0.25) is 0 Å². The van der Waals surface area contributed by atoms with Gasteiger partial charge in [-0.3, -0.25) is 4.79 Å². The monoisotopic (exact) mass is 284 g/mol. The van der Waals surface area contributed by atoms with Crippen molar-refractivity contribution in [3.05, 3.63) is 23.0 Å². The predicted molar refractivity (Wildman–Crippen MR) is 68.1 cm³/mol. The molecule has 0 radical (unpaired) electrons. The summed E-state index contributed by atoms with van der Waals surface area (Å²) >= 11 is 5.72. The molecule has 19 heavy (non-hydrogen) atoms. The Morgan fingerprint density at radius 1 is 1.42 bits per heavy atom. The van der Waals surface area contributed by atoms with Gasteiger partial charge in [-0.25, -0.2) is 9.78 Å². The van der Waals surface area contributed by atoms with Crippen LogP contribution >= 0.6 is 11.6 Å². The number of carboxylic acid groups (broad SMARTS) is 1. The van der Waals surface area contributed by atoms with Gasteiger partial charge in [-0.15, -0.1) is 0 Å². The van der Waals surface area contributed by atoms with Crippen molar-refractivity contribution in [2.75, 3.05) is 5.32 Å². The second kappa shape index (κ2) is 5.54. The van der Waals surface area contributed by atoms with Crippen molar-refractivity contribution < 1.29 is 19.4 Å². The number of amides is 1. The van der Waals surface area contributed by atoms with Crippen molar-refractivity contribution >= 4 is 29.2 Å². The van der Waals surface area contributed by atoms with Crippen LogP contribution in [-0.2, 0) is 14.3 Å². The highest BCUT2D eigenvalue weighted by atomic mass is 35.5. The van der Waals surface area contributed by atoms with Crippen LogP contribution < -0.4 is 5.32 Å². The van der Waals surface area contributed by atoms with E-state index in [9.17, 15) is 9.59 Å². The largest absolute Gasteiger partial charge is 0.479 e. The number of aromatic nitrogens is 1. The van der Waals surface area contributed by atoms with Crippen LogP contribution in [0, 0.1) is 6.92 Å². The highest BCUT2D eigenvalue weighted by molar-refractivity contribution is 6.29. The molecule has 0 spiro atoms. The van der Waals surface area contributed by atoms with Crippen molar-refractivity contribution in [1.29, 1.82) is 0 Å². The minimum absolute atomic E-state index is 0.339. The Morgan fingerprint density at radius 2 is 2.11 bits per heavy atom. The highest BCUT2D eigenvalue weighted by Crippen LogP contribution is 2.22. The summed E-state index contributed by atoms with van der Waals surface area (Å²) in [6, 6.07) is 3.21. The van der Waals surface area contributed by atoms with Crippen LogP contribution in [-0.4, -0.2) is 34.2 Å². The van der Waals surface area contributed by atoms with Gasteiger partial charge in [-0.2, -0.15) is 0 Å². The third kappa shape index (κ3) is 3.21. The van der Waals surface area contributed by atoms with E-state index in [1.807, 2.05) is 0 Å². The summed E-state index contributed by atoms with van der Waals surface area (Å²) in [5.74, 6) is -1.41. The second-order valence-electron chi connectivity index (χ2n) is 4.29. The van der Waals surface area contributed by atoms with Gasteiger partial charge in [0.15, 0.2) is 6.10 Å². The molecule has 2 heterocycles. The molecule has 7 heteroatoms. The number of nitrogens with one attached hydrogen (secondary N) is 1. The number of carbonyl (C=O) groups is 2. The molecule has 0 aliphatic carbocycles. The summed E-state index contributed by atoms with van der Waals surface area (Å²) in [7, 11) is 0. The van der Waals surface area contributed by atoms with Crippen LogP contribution in [0.3, 0.4) is 0 Å². The molecule has 2 unspecified atom stereocenters. The standard InChI is InChI=1S/C12H13ClN2O4/c1-6-7(2-5-10(13)14-6)15-11(16)8-3-4-9(19-8)12(17)18/h2,5,8-9H,3-4H2,1H3,(H,15,16)(H,17,18). The maximum atomic E-state index is 11.9. The normalized spacial score (nSPS) is 22.2. The number of carbonyl (C=O) groups excluding carboxylic acids is 1. The van der Waals surface area contributed by atoms with E-state index in [4.69, 9.17) is 21.4 Å². The molecule has 2 atom stereocenters. The van der Waals surface area contributed by atoms with Gasteiger partial charge in [-0.05, 0) is 31.9 Å². The maximum Gasteiger partial charge on any atom is 0.332 e. The topological polar surface area (TPSA) is 88.5 Å². The zero-order valence-electron chi connectivity index (χ0n) is 10.2. The smallest absolute Gasteiger partial charge is 0.332 e. The quantitative estimate of drug-likeness (QED) is 0.823. The number of nitrogens with zero attached hydrogens (tertiary/aromatic N) is 1. The van der Waals surface area contributed by atoms with E-state index < -0.39 is 18.2 Å². The number of hydrogen-bond donors (Lipinski definition) is 2. The third-order valence-corrected chi connectivity index (χ3v) is 3.11. The first kappa shape index (κ1) is 13.8. The van der Waals surface area contributed by atoms with Crippen molar-refractivity contribution in [2.24, 2.45) is 0 Å². The molecule has 1 aliphatic heterocycles. The number of halogens is 1. The lowest BCUT2D eigenvalue weighted by atomic mass is 10.2. The second-order valence-corrected chi connectivity index (χ2v) is 4.67. The Balaban J connectivity index is 2.00. The molecular weight excluding hydrogens is 272 g/mol. The summed E-state index contributed by atoms with van der Waals surface area (Å²) < 4.78 is 5.16. The van der Waals surface area contributed by atoms with Gasteiger partial charge < -0.3 is 15.2 Å². The molecule has 1 aromatic heterocycles. The molecule has 1 aromatic rings. The number of rotatable bonds is 3. The minimum Gasteiger partial charge on any atom is -0.479 e. The SMILES string of the molecule is Cc1nc(Cl)ccc1NC(=O)C1CCC(C(=O)O)O1.